The van der Waals surface area contributed by atoms with Crippen LogP contribution in [0.25, 0.3) is 0 Å². The first kappa shape index (κ1) is 14.5. The lowest BCUT2D eigenvalue weighted by Gasteiger charge is -2.24. The third kappa shape index (κ3) is 2.98. The SMILES string of the molecule is NC(N)=NC(=O)[C@H]1CCCN1c1ccc(C=O)c(Br)c1. The molecule has 20 heavy (non-hydrogen) atoms. The molecule has 1 aromatic rings. The molecule has 1 aliphatic rings. The molecule has 0 aromatic heterocycles. The maximum Gasteiger partial charge on any atom is 0.271 e. The van der Waals surface area contributed by atoms with Crippen molar-refractivity contribution in [2.24, 2.45) is 16.5 Å². The van der Waals surface area contributed by atoms with E-state index in [1.54, 1.807) is 6.07 Å². The second kappa shape index (κ2) is 6.04. The Morgan fingerprint density at radius 1 is 1.45 bits per heavy atom. The molecule has 1 atom stereocenters. The number of carbonyl (C=O) groups is 2. The van der Waals surface area contributed by atoms with Gasteiger partial charge in [-0.25, -0.2) is 0 Å². The van der Waals surface area contributed by atoms with Crippen LogP contribution in [0.5, 0.6) is 0 Å². The van der Waals surface area contributed by atoms with Crippen LogP contribution in [0.3, 0.4) is 0 Å². The summed E-state index contributed by atoms with van der Waals surface area (Å²) in [6.45, 7) is 0.753. The van der Waals surface area contributed by atoms with Crippen LogP contribution in [0.2, 0.25) is 0 Å². The lowest BCUT2D eigenvalue weighted by molar-refractivity contribution is -0.118. The highest BCUT2D eigenvalue weighted by atomic mass is 79.9. The highest BCUT2D eigenvalue weighted by molar-refractivity contribution is 9.10. The number of hydrogen-bond acceptors (Lipinski definition) is 3. The number of aldehydes is 1. The van der Waals surface area contributed by atoms with E-state index in [1.165, 1.54) is 0 Å². The molecule has 1 amide bonds. The monoisotopic (exact) mass is 338 g/mol. The number of nitrogens with zero attached hydrogens (tertiary/aromatic N) is 2. The Bertz CT molecular complexity index is 569. The normalized spacial score (nSPS) is 17.9. The molecule has 4 N–H and O–H groups in total. The fraction of sp³-hybridized carbons (Fsp3) is 0.308. The van der Waals surface area contributed by atoms with Crippen molar-refractivity contribution in [3.63, 3.8) is 0 Å². The van der Waals surface area contributed by atoms with Crippen molar-refractivity contribution < 1.29 is 9.59 Å². The molecule has 2 rings (SSSR count). The standard InChI is InChI=1S/C13H15BrN4O2/c14-10-6-9(4-3-8(10)7-19)18-5-1-2-11(18)12(20)17-13(15)16/h3-4,6-7,11H,1-2,5H2,(H4,15,16,17,20)/t11-/m1/s1. The number of anilines is 1. The van der Waals surface area contributed by atoms with Gasteiger partial charge in [-0.05, 0) is 47.0 Å². The van der Waals surface area contributed by atoms with Crippen molar-refractivity contribution in [1.29, 1.82) is 0 Å². The lowest BCUT2D eigenvalue weighted by atomic mass is 10.1. The van der Waals surface area contributed by atoms with Crippen LogP contribution in [0, 0.1) is 0 Å². The van der Waals surface area contributed by atoms with Gasteiger partial charge in [0.25, 0.3) is 5.91 Å². The van der Waals surface area contributed by atoms with Gasteiger partial charge in [-0.2, -0.15) is 4.99 Å². The van der Waals surface area contributed by atoms with E-state index in [2.05, 4.69) is 20.9 Å². The summed E-state index contributed by atoms with van der Waals surface area (Å²) in [6, 6.07) is 5.00. The van der Waals surface area contributed by atoms with Gasteiger partial charge in [0.1, 0.15) is 6.04 Å². The van der Waals surface area contributed by atoms with Crippen molar-refractivity contribution >= 4 is 39.8 Å². The lowest BCUT2D eigenvalue weighted by Crippen LogP contribution is -2.37. The molecule has 0 bridgehead atoms. The van der Waals surface area contributed by atoms with Gasteiger partial charge in [0.2, 0.25) is 0 Å². The van der Waals surface area contributed by atoms with Crippen LogP contribution in [-0.4, -0.2) is 30.7 Å². The topological polar surface area (TPSA) is 102 Å². The third-order valence-electron chi connectivity index (χ3n) is 3.22. The number of hydrogen-bond donors (Lipinski definition) is 2. The largest absolute Gasteiger partial charge is 0.370 e. The highest BCUT2D eigenvalue weighted by Gasteiger charge is 2.31. The fourth-order valence-electron chi connectivity index (χ4n) is 2.32. The molecule has 0 aliphatic carbocycles. The molecule has 1 aliphatic heterocycles. The molecule has 1 fully saturated rings. The number of nitrogens with two attached hydrogens (primary N) is 2. The molecule has 106 valence electrons. The van der Waals surface area contributed by atoms with Gasteiger partial charge in [0, 0.05) is 22.3 Å². The van der Waals surface area contributed by atoms with E-state index in [0.717, 1.165) is 24.9 Å². The van der Waals surface area contributed by atoms with Crippen LogP contribution in [0.15, 0.2) is 27.7 Å². The first-order valence-corrected chi connectivity index (χ1v) is 6.97. The first-order chi connectivity index (χ1) is 9.52. The fourth-order valence-corrected chi connectivity index (χ4v) is 2.78. The molecule has 0 spiro atoms. The number of carbonyl (C=O) groups excluding carboxylic acids is 2. The predicted octanol–water partition coefficient (Wildman–Crippen LogP) is 1.03. The molecule has 1 saturated heterocycles. The van der Waals surface area contributed by atoms with E-state index in [0.29, 0.717) is 16.5 Å². The number of amides is 1. The maximum absolute atomic E-state index is 12.0. The Kier molecular flexibility index (Phi) is 4.39. The first-order valence-electron chi connectivity index (χ1n) is 6.18. The zero-order valence-electron chi connectivity index (χ0n) is 10.8. The molecule has 1 aromatic carbocycles. The van der Waals surface area contributed by atoms with Crippen molar-refractivity contribution in [2.75, 3.05) is 11.4 Å². The molecular formula is C13H15BrN4O2. The van der Waals surface area contributed by atoms with Crippen molar-refractivity contribution in [2.45, 2.75) is 18.9 Å². The molecule has 1 heterocycles. The van der Waals surface area contributed by atoms with Crippen LogP contribution >= 0.6 is 15.9 Å². The van der Waals surface area contributed by atoms with E-state index in [4.69, 9.17) is 11.5 Å². The van der Waals surface area contributed by atoms with Gasteiger partial charge < -0.3 is 16.4 Å². The minimum absolute atomic E-state index is 0.223. The third-order valence-corrected chi connectivity index (χ3v) is 3.91. The Labute approximate surface area is 125 Å². The molecule has 0 unspecified atom stereocenters. The van der Waals surface area contributed by atoms with Gasteiger partial charge in [0.05, 0.1) is 0 Å². The summed E-state index contributed by atoms with van der Waals surface area (Å²) in [5, 5.41) is 0. The average molecular weight is 339 g/mol. The van der Waals surface area contributed by atoms with Crippen LogP contribution in [-0.2, 0) is 4.79 Å². The Morgan fingerprint density at radius 3 is 2.80 bits per heavy atom. The second-order valence-corrected chi connectivity index (χ2v) is 5.40. The van der Waals surface area contributed by atoms with Crippen molar-refractivity contribution in [1.82, 2.24) is 0 Å². The number of benzene rings is 1. The summed E-state index contributed by atoms with van der Waals surface area (Å²) in [5.74, 6) is -0.558. The van der Waals surface area contributed by atoms with Gasteiger partial charge in [-0.3, -0.25) is 9.59 Å². The zero-order valence-corrected chi connectivity index (χ0v) is 12.3. The quantitative estimate of drug-likeness (QED) is 0.487. The van der Waals surface area contributed by atoms with Gasteiger partial charge in [-0.15, -0.1) is 0 Å². The summed E-state index contributed by atoms with van der Waals surface area (Å²) in [4.78, 5) is 28.4. The van der Waals surface area contributed by atoms with Crippen LogP contribution in [0.4, 0.5) is 5.69 Å². The second-order valence-electron chi connectivity index (χ2n) is 4.55. The van der Waals surface area contributed by atoms with Crippen LogP contribution < -0.4 is 16.4 Å². The van der Waals surface area contributed by atoms with E-state index in [9.17, 15) is 9.59 Å². The minimum Gasteiger partial charge on any atom is -0.370 e. The average Bonchev–Trinajstić information content (AvgIpc) is 2.87. The molecule has 0 saturated carbocycles. The van der Waals surface area contributed by atoms with E-state index in [-0.39, 0.29) is 17.9 Å². The maximum atomic E-state index is 12.0. The summed E-state index contributed by atoms with van der Waals surface area (Å²) in [7, 11) is 0. The van der Waals surface area contributed by atoms with Gasteiger partial charge in [-0.1, -0.05) is 0 Å². The Morgan fingerprint density at radius 2 is 2.20 bits per heavy atom. The molecule has 7 heteroatoms. The van der Waals surface area contributed by atoms with Gasteiger partial charge >= 0.3 is 0 Å². The van der Waals surface area contributed by atoms with E-state index < -0.39 is 0 Å². The predicted molar refractivity (Wildman–Crippen MR) is 80.7 cm³/mol. The smallest absolute Gasteiger partial charge is 0.271 e. The number of aliphatic imine (C=N–C) groups is 1. The zero-order chi connectivity index (χ0) is 14.7. The van der Waals surface area contributed by atoms with E-state index in [1.807, 2.05) is 17.0 Å². The number of rotatable bonds is 3. The number of guanidine groups is 1. The Hall–Kier alpha value is -1.89. The molecule has 0 radical (unpaired) electrons. The minimum atomic E-state index is -0.355. The Balaban J connectivity index is 2.27. The highest BCUT2D eigenvalue weighted by Crippen LogP contribution is 2.29. The van der Waals surface area contributed by atoms with Crippen molar-refractivity contribution in [3.8, 4) is 0 Å². The van der Waals surface area contributed by atoms with E-state index >= 15 is 0 Å². The van der Waals surface area contributed by atoms with Gasteiger partial charge in [0.15, 0.2) is 12.2 Å². The van der Waals surface area contributed by atoms with Crippen molar-refractivity contribution in [3.05, 3.63) is 28.2 Å². The summed E-state index contributed by atoms with van der Waals surface area (Å²) < 4.78 is 0.699. The molecule has 6 nitrogen and oxygen atoms in total. The van der Waals surface area contributed by atoms with Crippen LogP contribution in [0.1, 0.15) is 23.2 Å². The summed E-state index contributed by atoms with van der Waals surface area (Å²) in [6.07, 6.45) is 2.38. The number of halogens is 1. The summed E-state index contributed by atoms with van der Waals surface area (Å²) in [5.41, 5.74) is 11.9. The summed E-state index contributed by atoms with van der Waals surface area (Å²) >= 11 is 3.34. The molecular weight excluding hydrogens is 324 g/mol.